The predicted octanol–water partition coefficient (Wildman–Crippen LogP) is 3.21. The van der Waals surface area contributed by atoms with E-state index in [-0.39, 0.29) is 0 Å². The molecule has 6 heteroatoms. The van der Waals surface area contributed by atoms with Crippen LogP contribution in [0.5, 0.6) is 5.75 Å². The smallest absolute Gasteiger partial charge is 0.413 e. The zero-order valence-corrected chi connectivity index (χ0v) is 12.9. The fourth-order valence-corrected chi connectivity index (χ4v) is 2.51. The lowest BCUT2D eigenvalue weighted by Crippen LogP contribution is -2.27. The van der Waals surface area contributed by atoms with Crippen molar-refractivity contribution >= 4 is 23.1 Å². The van der Waals surface area contributed by atoms with Crippen LogP contribution >= 0.6 is 0 Å². The van der Waals surface area contributed by atoms with E-state index in [4.69, 9.17) is 4.74 Å². The lowest BCUT2D eigenvalue weighted by atomic mass is 10.2. The third-order valence-electron chi connectivity index (χ3n) is 3.70. The minimum Gasteiger partial charge on any atom is -0.497 e. The van der Waals surface area contributed by atoms with E-state index in [1.54, 1.807) is 7.11 Å². The minimum atomic E-state index is -1.05. The largest absolute Gasteiger partial charge is 0.497 e. The van der Waals surface area contributed by atoms with Crippen molar-refractivity contribution in [3.8, 4) is 5.75 Å². The van der Waals surface area contributed by atoms with Gasteiger partial charge in [0, 0.05) is 7.05 Å². The number of anilines is 1. The fourth-order valence-electron chi connectivity index (χ4n) is 2.51. The molecule has 1 N–H and O–H groups in total. The highest BCUT2D eigenvalue weighted by Gasteiger charge is 2.18. The van der Waals surface area contributed by atoms with Crippen molar-refractivity contribution in [2.45, 2.75) is 6.54 Å². The predicted molar refractivity (Wildman–Crippen MR) is 88.3 cm³/mol. The number of fused-ring (bicyclic) bond motifs is 1. The van der Waals surface area contributed by atoms with Gasteiger partial charge in [0.15, 0.2) is 0 Å². The molecule has 0 aliphatic heterocycles. The summed E-state index contributed by atoms with van der Waals surface area (Å²) < 4.78 is 7.14. The summed E-state index contributed by atoms with van der Waals surface area (Å²) in [4.78, 5) is 16.9. The van der Waals surface area contributed by atoms with E-state index in [0.29, 0.717) is 12.5 Å². The highest BCUT2D eigenvalue weighted by molar-refractivity contribution is 5.87. The number of hydrogen-bond acceptors (Lipinski definition) is 3. The first kappa shape index (κ1) is 14.9. The molecule has 3 aromatic rings. The molecule has 1 heterocycles. The van der Waals surface area contributed by atoms with Gasteiger partial charge in [-0.15, -0.1) is 0 Å². The van der Waals surface area contributed by atoms with Gasteiger partial charge in [-0.1, -0.05) is 24.3 Å². The number of carbonyl (C=O) groups is 1. The number of amides is 1. The normalized spacial score (nSPS) is 10.7. The Balaban J connectivity index is 2.10. The molecule has 0 fully saturated rings. The quantitative estimate of drug-likeness (QED) is 0.803. The Morgan fingerprint density at radius 1 is 1.26 bits per heavy atom. The second kappa shape index (κ2) is 6.00. The molecule has 3 rings (SSSR count). The van der Waals surface area contributed by atoms with Crippen molar-refractivity contribution in [2.24, 2.45) is 0 Å². The lowest BCUT2D eigenvalue weighted by Gasteiger charge is -2.15. The van der Waals surface area contributed by atoms with Gasteiger partial charge in [0.2, 0.25) is 5.95 Å². The molecule has 0 atom stereocenters. The second-order valence-corrected chi connectivity index (χ2v) is 5.18. The van der Waals surface area contributed by atoms with E-state index in [0.717, 1.165) is 27.2 Å². The van der Waals surface area contributed by atoms with E-state index in [1.807, 2.05) is 53.1 Å². The highest BCUT2D eigenvalue weighted by Crippen LogP contribution is 2.24. The third-order valence-corrected chi connectivity index (χ3v) is 3.70. The van der Waals surface area contributed by atoms with Crippen molar-refractivity contribution in [2.75, 3.05) is 19.1 Å². The molecule has 0 aliphatic rings. The van der Waals surface area contributed by atoms with Crippen LogP contribution in [0.15, 0.2) is 48.5 Å². The molecule has 0 unspecified atom stereocenters. The summed E-state index contributed by atoms with van der Waals surface area (Å²) >= 11 is 0. The van der Waals surface area contributed by atoms with Crippen LogP contribution in [-0.4, -0.2) is 34.9 Å². The molecule has 0 saturated heterocycles. The number of para-hydroxylation sites is 2. The molecule has 0 spiro atoms. The number of imidazole rings is 1. The average molecular weight is 311 g/mol. The van der Waals surface area contributed by atoms with Gasteiger partial charge < -0.3 is 14.4 Å². The van der Waals surface area contributed by atoms with E-state index >= 15 is 0 Å². The van der Waals surface area contributed by atoms with Crippen LogP contribution in [0, 0.1) is 0 Å². The fraction of sp³-hybridized carbons (Fsp3) is 0.176. The van der Waals surface area contributed by atoms with Gasteiger partial charge >= 0.3 is 6.09 Å². The van der Waals surface area contributed by atoms with Crippen LogP contribution in [0.4, 0.5) is 10.7 Å². The SMILES string of the molecule is COc1cccc(Cn2c(N(C)C(=O)O)nc3ccccc32)c1. The molecule has 2 aromatic carbocycles. The van der Waals surface area contributed by atoms with Gasteiger partial charge in [0.1, 0.15) is 5.75 Å². The molecule has 118 valence electrons. The average Bonchev–Trinajstić information content (AvgIpc) is 2.93. The summed E-state index contributed by atoms with van der Waals surface area (Å²) in [6, 6.07) is 15.3. The van der Waals surface area contributed by atoms with E-state index in [2.05, 4.69) is 4.98 Å². The van der Waals surface area contributed by atoms with Gasteiger partial charge in [-0.05, 0) is 29.8 Å². The first-order chi connectivity index (χ1) is 11.1. The van der Waals surface area contributed by atoms with Crippen LogP contribution in [0.3, 0.4) is 0 Å². The first-order valence-corrected chi connectivity index (χ1v) is 7.15. The van der Waals surface area contributed by atoms with Gasteiger partial charge in [-0.2, -0.15) is 0 Å². The van der Waals surface area contributed by atoms with E-state index < -0.39 is 6.09 Å². The maximum Gasteiger partial charge on any atom is 0.413 e. The number of rotatable bonds is 4. The maximum atomic E-state index is 11.3. The Bertz CT molecular complexity index is 857. The summed E-state index contributed by atoms with van der Waals surface area (Å²) in [5.74, 6) is 1.15. The third kappa shape index (κ3) is 2.83. The molecule has 0 aliphatic carbocycles. The van der Waals surface area contributed by atoms with Crippen LogP contribution in [0.25, 0.3) is 11.0 Å². The molecule has 0 saturated carbocycles. The van der Waals surface area contributed by atoms with Crippen molar-refractivity contribution in [3.63, 3.8) is 0 Å². The number of aromatic nitrogens is 2. The zero-order valence-electron chi connectivity index (χ0n) is 12.9. The van der Waals surface area contributed by atoms with Gasteiger partial charge in [-0.25, -0.2) is 9.78 Å². The maximum absolute atomic E-state index is 11.3. The number of hydrogen-bond donors (Lipinski definition) is 1. The number of nitrogens with zero attached hydrogens (tertiary/aromatic N) is 3. The number of methoxy groups -OCH3 is 1. The Morgan fingerprint density at radius 3 is 2.78 bits per heavy atom. The second-order valence-electron chi connectivity index (χ2n) is 5.18. The van der Waals surface area contributed by atoms with Crippen LogP contribution < -0.4 is 9.64 Å². The van der Waals surface area contributed by atoms with Gasteiger partial charge in [0.25, 0.3) is 0 Å². The molecular weight excluding hydrogens is 294 g/mol. The summed E-state index contributed by atoms with van der Waals surface area (Å²) in [5, 5.41) is 9.29. The molecular formula is C17H17N3O3. The lowest BCUT2D eigenvalue weighted by molar-refractivity contribution is 0.203. The summed E-state index contributed by atoms with van der Waals surface area (Å²) in [7, 11) is 3.11. The van der Waals surface area contributed by atoms with Crippen LogP contribution in [-0.2, 0) is 6.54 Å². The number of ether oxygens (including phenoxy) is 1. The highest BCUT2D eigenvalue weighted by atomic mass is 16.5. The van der Waals surface area contributed by atoms with E-state index in [1.165, 1.54) is 7.05 Å². The van der Waals surface area contributed by atoms with Gasteiger partial charge in [0.05, 0.1) is 24.7 Å². The Hall–Kier alpha value is -3.02. The Labute approximate surface area is 133 Å². The molecule has 1 amide bonds. The Kier molecular flexibility index (Phi) is 3.89. The standard InChI is InChI=1S/C17H17N3O3/c1-19(17(21)22)16-18-14-8-3-4-9-15(14)20(16)11-12-6-5-7-13(10-12)23-2/h3-10H,11H2,1-2H3,(H,21,22). The molecule has 1 aromatic heterocycles. The minimum absolute atomic E-state index is 0.390. The number of benzene rings is 2. The van der Waals surface area contributed by atoms with Crippen molar-refractivity contribution < 1.29 is 14.6 Å². The monoisotopic (exact) mass is 311 g/mol. The topological polar surface area (TPSA) is 67.6 Å². The van der Waals surface area contributed by atoms with Crippen molar-refractivity contribution in [1.82, 2.24) is 9.55 Å². The van der Waals surface area contributed by atoms with Crippen LogP contribution in [0.1, 0.15) is 5.56 Å². The molecule has 6 nitrogen and oxygen atoms in total. The molecule has 0 radical (unpaired) electrons. The summed E-state index contributed by atoms with van der Waals surface area (Å²) in [5.41, 5.74) is 2.66. The first-order valence-electron chi connectivity index (χ1n) is 7.15. The van der Waals surface area contributed by atoms with Gasteiger partial charge in [-0.3, -0.25) is 4.90 Å². The number of carboxylic acid groups (broad SMARTS) is 1. The van der Waals surface area contributed by atoms with E-state index in [9.17, 15) is 9.90 Å². The molecule has 0 bridgehead atoms. The summed E-state index contributed by atoms with van der Waals surface area (Å²) in [6.07, 6.45) is -1.05. The Morgan fingerprint density at radius 2 is 2.04 bits per heavy atom. The van der Waals surface area contributed by atoms with Crippen molar-refractivity contribution in [3.05, 3.63) is 54.1 Å². The zero-order chi connectivity index (χ0) is 16.4. The summed E-state index contributed by atoms with van der Waals surface area (Å²) in [6.45, 7) is 0.505. The van der Waals surface area contributed by atoms with Crippen LogP contribution in [0.2, 0.25) is 0 Å². The van der Waals surface area contributed by atoms with Crippen molar-refractivity contribution in [1.29, 1.82) is 0 Å². The molecule has 23 heavy (non-hydrogen) atoms.